The molecule has 1 fully saturated rings. The molecule has 0 spiro atoms. The zero-order chi connectivity index (χ0) is 13.4. The minimum absolute atomic E-state index is 0.422. The lowest BCUT2D eigenvalue weighted by Gasteiger charge is -2.37. The van der Waals surface area contributed by atoms with Crippen LogP contribution in [0.25, 0.3) is 0 Å². The quantitative estimate of drug-likeness (QED) is 0.651. The molecule has 0 bridgehead atoms. The van der Waals surface area contributed by atoms with Crippen LogP contribution in [0.5, 0.6) is 0 Å². The minimum atomic E-state index is 0.422. The molecule has 0 atom stereocenters. The highest BCUT2D eigenvalue weighted by Gasteiger charge is 2.21. The van der Waals surface area contributed by atoms with Gasteiger partial charge in [-0.1, -0.05) is 34.1 Å². The SMILES string of the molecule is CCCCOCCN1CCN(CC(C)(C)C)CC1. The average Bonchev–Trinajstić information content (AvgIpc) is 2.29. The van der Waals surface area contributed by atoms with Crippen molar-refractivity contribution in [3.8, 4) is 0 Å². The molecule has 0 saturated carbocycles. The van der Waals surface area contributed by atoms with E-state index in [-0.39, 0.29) is 0 Å². The van der Waals surface area contributed by atoms with Gasteiger partial charge in [-0.2, -0.15) is 0 Å². The van der Waals surface area contributed by atoms with Crippen LogP contribution in [0, 0.1) is 5.41 Å². The van der Waals surface area contributed by atoms with E-state index in [9.17, 15) is 0 Å². The Morgan fingerprint density at radius 1 is 0.944 bits per heavy atom. The molecule has 108 valence electrons. The third-order valence-corrected chi connectivity index (χ3v) is 3.36. The van der Waals surface area contributed by atoms with Crippen LogP contribution in [0.3, 0.4) is 0 Å². The molecule has 18 heavy (non-hydrogen) atoms. The third-order valence-electron chi connectivity index (χ3n) is 3.36. The minimum Gasteiger partial charge on any atom is -0.380 e. The number of piperazine rings is 1. The van der Waals surface area contributed by atoms with Crippen molar-refractivity contribution in [2.24, 2.45) is 5.41 Å². The third kappa shape index (κ3) is 7.34. The van der Waals surface area contributed by atoms with E-state index in [4.69, 9.17) is 4.74 Å². The number of hydrogen-bond donors (Lipinski definition) is 0. The lowest BCUT2D eigenvalue weighted by Crippen LogP contribution is -2.49. The van der Waals surface area contributed by atoms with E-state index in [0.29, 0.717) is 5.41 Å². The molecule has 1 heterocycles. The van der Waals surface area contributed by atoms with E-state index < -0.39 is 0 Å². The number of rotatable bonds is 7. The normalized spacial score (nSPS) is 19.3. The van der Waals surface area contributed by atoms with Crippen LogP contribution in [-0.4, -0.2) is 62.3 Å². The van der Waals surface area contributed by atoms with Crippen molar-refractivity contribution < 1.29 is 4.74 Å². The molecular formula is C15H32N2O. The van der Waals surface area contributed by atoms with Gasteiger partial charge in [0, 0.05) is 45.9 Å². The van der Waals surface area contributed by atoms with Gasteiger partial charge in [-0.25, -0.2) is 0 Å². The lowest BCUT2D eigenvalue weighted by atomic mass is 9.96. The number of nitrogens with zero attached hydrogens (tertiary/aromatic N) is 2. The van der Waals surface area contributed by atoms with Crippen LogP contribution in [0.15, 0.2) is 0 Å². The molecule has 0 amide bonds. The van der Waals surface area contributed by atoms with Crippen molar-refractivity contribution in [1.29, 1.82) is 0 Å². The number of unbranched alkanes of at least 4 members (excludes halogenated alkanes) is 1. The highest BCUT2D eigenvalue weighted by Crippen LogP contribution is 2.16. The predicted molar refractivity (Wildman–Crippen MR) is 78.1 cm³/mol. The second kappa shape index (κ2) is 8.13. The lowest BCUT2D eigenvalue weighted by molar-refractivity contribution is 0.0643. The van der Waals surface area contributed by atoms with Crippen molar-refractivity contribution in [2.75, 3.05) is 52.5 Å². The number of ether oxygens (including phenoxy) is 1. The Bertz CT molecular complexity index is 205. The summed E-state index contributed by atoms with van der Waals surface area (Å²) in [5.74, 6) is 0. The van der Waals surface area contributed by atoms with Gasteiger partial charge < -0.3 is 9.64 Å². The van der Waals surface area contributed by atoms with Gasteiger partial charge in [-0.05, 0) is 11.8 Å². The highest BCUT2D eigenvalue weighted by atomic mass is 16.5. The Morgan fingerprint density at radius 3 is 2.11 bits per heavy atom. The van der Waals surface area contributed by atoms with Crippen LogP contribution >= 0.6 is 0 Å². The summed E-state index contributed by atoms with van der Waals surface area (Å²) in [5, 5.41) is 0. The Kier molecular flexibility index (Phi) is 7.20. The van der Waals surface area contributed by atoms with Crippen molar-refractivity contribution in [2.45, 2.75) is 40.5 Å². The molecular weight excluding hydrogens is 224 g/mol. The van der Waals surface area contributed by atoms with Crippen LogP contribution in [0.4, 0.5) is 0 Å². The molecule has 0 N–H and O–H groups in total. The molecule has 1 saturated heterocycles. The second-order valence-corrected chi connectivity index (χ2v) is 6.64. The van der Waals surface area contributed by atoms with E-state index in [2.05, 4.69) is 37.5 Å². The van der Waals surface area contributed by atoms with Gasteiger partial charge in [0.2, 0.25) is 0 Å². The summed E-state index contributed by atoms with van der Waals surface area (Å²) in [4.78, 5) is 5.12. The predicted octanol–water partition coefficient (Wildman–Crippen LogP) is 2.47. The maximum Gasteiger partial charge on any atom is 0.0593 e. The Hall–Kier alpha value is -0.120. The summed E-state index contributed by atoms with van der Waals surface area (Å²) in [6, 6.07) is 0. The molecule has 1 aliphatic rings. The second-order valence-electron chi connectivity index (χ2n) is 6.64. The zero-order valence-electron chi connectivity index (χ0n) is 12.9. The smallest absolute Gasteiger partial charge is 0.0593 e. The summed E-state index contributed by atoms with van der Waals surface area (Å²) in [6.45, 7) is 18.2. The summed E-state index contributed by atoms with van der Waals surface area (Å²) in [7, 11) is 0. The number of hydrogen-bond acceptors (Lipinski definition) is 3. The standard InChI is InChI=1S/C15H32N2O/c1-5-6-12-18-13-11-16-7-9-17(10-8-16)14-15(2,3)4/h5-14H2,1-4H3. The summed E-state index contributed by atoms with van der Waals surface area (Å²) in [6.07, 6.45) is 2.42. The Morgan fingerprint density at radius 2 is 1.56 bits per heavy atom. The van der Waals surface area contributed by atoms with Crippen LogP contribution in [0.2, 0.25) is 0 Å². The molecule has 0 aromatic heterocycles. The van der Waals surface area contributed by atoms with E-state index >= 15 is 0 Å². The first kappa shape index (κ1) is 15.9. The van der Waals surface area contributed by atoms with Gasteiger partial charge in [0.1, 0.15) is 0 Å². The van der Waals surface area contributed by atoms with Gasteiger partial charge in [-0.3, -0.25) is 4.90 Å². The maximum atomic E-state index is 5.63. The molecule has 1 aliphatic heterocycles. The molecule has 0 aromatic carbocycles. The maximum absolute atomic E-state index is 5.63. The van der Waals surface area contributed by atoms with Gasteiger partial charge in [0.25, 0.3) is 0 Å². The summed E-state index contributed by atoms with van der Waals surface area (Å²) >= 11 is 0. The van der Waals surface area contributed by atoms with E-state index in [1.807, 2.05) is 0 Å². The highest BCUT2D eigenvalue weighted by molar-refractivity contribution is 4.76. The first-order valence-corrected chi connectivity index (χ1v) is 7.54. The van der Waals surface area contributed by atoms with Crippen LogP contribution in [-0.2, 0) is 4.74 Å². The van der Waals surface area contributed by atoms with E-state index in [1.54, 1.807) is 0 Å². The largest absolute Gasteiger partial charge is 0.380 e. The molecule has 0 aliphatic carbocycles. The average molecular weight is 256 g/mol. The van der Waals surface area contributed by atoms with Crippen LogP contribution in [0.1, 0.15) is 40.5 Å². The molecule has 0 unspecified atom stereocenters. The van der Waals surface area contributed by atoms with Crippen molar-refractivity contribution in [3.05, 3.63) is 0 Å². The fourth-order valence-electron chi connectivity index (χ4n) is 2.38. The van der Waals surface area contributed by atoms with Gasteiger partial charge in [0.05, 0.1) is 6.61 Å². The topological polar surface area (TPSA) is 15.7 Å². The summed E-state index contributed by atoms with van der Waals surface area (Å²) < 4.78 is 5.63. The Labute approximate surface area is 113 Å². The first-order chi connectivity index (χ1) is 8.51. The molecule has 1 rings (SSSR count). The fraction of sp³-hybridized carbons (Fsp3) is 1.00. The van der Waals surface area contributed by atoms with Crippen molar-refractivity contribution in [1.82, 2.24) is 9.80 Å². The molecule has 3 heteroatoms. The van der Waals surface area contributed by atoms with Gasteiger partial charge >= 0.3 is 0 Å². The monoisotopic (exact) mass is 256 g/mol. The van der Waals surface area contributed by atoms with Crippen LogP contribution < -0.4 is 0 Å². The van der Waals surface area contributed by atoms with E-state index in [1.165, 1.54) is 45.6 Å². The summed E-state index contributed by atoms with van der Waals surface area (Å²) in [5.41, 5.74) is 0.422. The first-order valence-electron chi connectivity index (χ1n) is 7.54. The van der Waals surface area contributed by atoms with E-state index in [0.717, 1.165) is 19.8 Å². The fourth-order valence-corrected chi connectivity index (χ4v) is 2.38. The van der Waals surface area contributed by atoms with Crippen molar-refractivity contribution in [3.63, 3.8) is 0 Å². The molecule has 0 aromatic rings. The Balaban J connectivity index is 2.05. The molecule has 0 radical (unpaired) electrons. The van der Waals surface area contributed by atoms with Gasteiger partial charge in [0.15, 0.2) is 0 Å². The van der Waals surface area contributed by atoms with Gasteiger partial charge in [-0.15, -0.1) is 0 Å². The van der Waals surface area contributed by atoms with Crippen molar-refractivity contribution >= 4 is 0 Å². The molecule has 3 nitrogen and oxygen atoms in total. The zero-order valence-corrected chi connectivity index (χ0v) is 12.9.